The van der Waals surface area contributed by atoms with Crippen molar-refractivity contribution >= 4 is 11.8 Å². The van der Waals surface area contributed by atoms with Crippen LogP contribution in [0.15, 0.2) is 16.5 Å². The second kappa shape index (κ2) is 5.03. The van der Waals surface area contributed by atoms with Crippen LogP contribution >= 0.6 is 0 Å². The highest BCUT2D eigenvalue weighted by Gasteiger charge is 2.45. The fourth-order valence-electron chi connectivity index (χ4n) is 3.09. The summed E-state index contributed by atoms with van der Waals surface area (Å²) in [4.78, 5) is 25.5. The first-order valence-electron chi connectivity index (χ1n) is 7.06. The van der Waals surface area contributed by atoms with Gasteiger partial charge in [0.05, 0.1) is 5.41 Å². The van der Waals surface area contributed by atoms with Gasteiger partial charge in [-0.15, -0.1) is 0 Å². The summed E-state index contributed by atoms with van der Waals surface area (Å²) in [5.74, 6) is -2.06. The zero-order valence-electron chi connectivity index (χ0n) is 11.7. The number of hydrogen-bond acceptors (Lipinski definition) is 3. The Morgan fingerprint density at radius 2 is 1.91 bits per heavy atom. The summed E-state index contributed by atoms with van der Waals surface area (Å²) in [7, 11) is 0. The number of hydrogen-bond donors (Lipinski definition) is 1. The van der Waals surface area contributed by atoms with Crippen LogP contribution in [0, 0.1) is 5.41 Å². The molecule has 2 amide bonds. The number of furan rings is 1. The molecule has 2 saturated heterocycles. The number of carbonyl (C=O) groups excluding carboxylic acids is 2. The molecule has 2 aliphatic heterocycles. The molecule has 1 aromatic rings. The molecule has 120 valence electrons. The molecule has 2 aliphatic rings. The molecule has 0 unspecified atom stereocenters. The van der Waals surface area contributed by atoms with Gasteiger partial charge in [-0.1, -0.05) is 0 Å². The molecule has 22 heavy (non-hydrogen) atoms. The van der Waals surface area contributed by atoms with Crippen molar-refractivity contribution in [3.8, 4) is 0 Å². The number of alkyl halides is 3. The zero-order chi connectivity index (χ0) is 16.0. The molecule has 1 spiro atoms. The minimum atomic E-state index is -4.60. The number of likely N-dealkylation sites (tertiary alicyclic amines) is 1. The van der Waals surface area contributed by atoms with Crippen molar-refractivity contribution in [3.63, 3.8) is 0 Å². The van der Waals surface area contributed by atoms with Crippen LogP contribution in [0.5, 0.6) is 0 Å². The highest BCUT2D eigenvalue weighted by atomic mass is 19.4. The number of piperidine rings is 1. The van der Waals surface area contributed by atoms with Gasteiger partial charge in [0.25, 0.3) is 5.91 Å². The van der Waals surface area contributed by atoms with Gasteiger partial charge in [0.1, 0.15) is 0 Å². The van der Waals surface area contributed by atoms with E-state index in [-0.39, 0.29) is 11.7 Å². The quantitative estimate of drug-likeness (QED) is 0.862. The lowest BCUT2D eigenvalue weighted by molar-refractivity contribution is -0.153. The molecule has 5 nitrogen and oxygen atoms in total. The molecule has 0 aromatic carbocycles. The van der Waals surface area contributed by atoms with Crippen molar-refractivity contribution in [3.05, 3.63) is 23.7 Å². The molecule has 1 N–H and O–H groups in total. The zero-order valence-corrected chi connectivity index (χ0v) is 11.7. The van der Waals surface area contributed by atoms with Crippen LogP contribution in [0.25, 0.3) is 0 Å². The molecule has 0 saturated carbocycles. The fraction of sp³-hybridized carbons (Fsp3) is 0.571. The van der Waals surface area contributed by atoms with Crippen molar-refractivity contribution in [2.45, 2.75) is 25.4 Å². The first kappa shape index (κ1) is 14.9. The molecule has 0 radical (unpaired) electrons. The van der Waals surface area contributed by atoms with Crippen LogP contribution in [-0.4, -0.2) is 36.3 Å². The van der Waals surface area contributed by atoms with Gasteiger partial charge in [0.15, 0.2) is 5.76 Å². The fourth-order valence-corrected chi connectivity index (χ4v) is 3.09. The van der Waals surface area contributed by atoms with Crippen molar-refractivity contribution in [1.82, 2.24) is 10.2 Å². The van der Waals surface area contributed by atoms with Gasteiger partial charge < -0.3 is 14.6 Å². The van der Waals surface area contributed by atoms with E-state index in [1.807, 2.05) is 0 Å². The lowest BCUT2D eigenvalue weighted by Crippen LogP contribution is -2.46. The average molecular weight is 316 g/mol. The van der Waals surface area contributed by atoms with E-state index in [0.717, 1.165) is 18.6 Å². The van der Waals surface area contributed by atoms with Gasteiger partial charge in [-0.2, -0.15) is 13.2 Å². The maximum atomic E-state index is 12.5. The third-order valence-corrected chi connectivity index (χ3v) is 4.47. The predicted octanol–water partition coefficient (Wildman–Crippen LogP) is 2.04. The van der Waals surface area contributed by atoms with E-state index in [2.05, 4.69) is 9.73 Å². The molecular weight excluding hydrogens is 301 g/mol. The molecule has 3 rings (SSSR count). The summed E-state index contributed by atoms with van der Waals surface area (Å²) in [5.41, 5.74) is -0.420. The standard InChI is InChI=1S/C14H15F3N2O3/c15-14(16,17)10-2-1-9(22-10)11(20)19-7-4-13(5-8-19)3-6-18-12(13)21/h1-2H,3-8H2,(H,18,21). The third-order valence-electron chi connectivity index (χ3n) is 4.47. The van der Waals surface area contributed by atoms with E-state index in [9.17, 15) is 22.8 Å². The topological polar surface area (TPSA) is 62.6 Å². The normalized spacial score (nSPS) is 21.2. The molecular formula is C14H15F3N2O3. The molecule has 1 aromatic heterocycles. The Bertz CT molecular complexity index is 601. The van der Waals surface area contributed by atoms with Crippen LogP contribution in [0.4, 0.5) is 13.2 Å². The van der Waals surface area contributed by atoms with E-state index in [0.29, 0.717) is 32.5 Å². The number of halogens is 3. The first-order chi connectivity index (χ1) is 10.3. The van der Waals surface area contributed by atoms with E-state index < -0.39 is 23.3 Å². The highest BCUT2D eigenvalue weighted by molar-refractivity contribution is 5.92. The van der Waals surface area contributed by atoms with E-state index >= 15 is 0 Å². The summed E-state index contributed by atoms with van der Waals surface area (Å²) in [6.45, 7) is 1.32. The van der Waals surface area contributed by atoms with Gasteiger partial charge in [-0.3, -0.25) is 9.59 Å². The number of rotatable bonds is 1. The Morgan fingerprint density at radius 3 is 2.41 bits per heavy atom. The summed E-state index contributed by atoms with van der Waals surface area (Å²) in [6.07, 6.45) is -2.81. The predicted molar refractivity (Wildman–Crippen MR) is 68.9 cm³/mol. The maximum absolute atomic E-state index is 12.5. The first-order valence-corrected chi connectivity index (χ1v) is 7.06. The number of nitrogens with one attached hydrogen (secondary N) is 1. The Morgan fingerprint density at radius 1 is 1.23 bits per heavy atom. The minimum Gasteiger partial charge on any atom is -0.446 e. The summed E-state index contributed by atoms with van der Waals surface area (Å²) >= 11 is 0. The molecule has 0 aliphatic carbocycles. The summed E-state index contributed by atoms with van der Waals surface area (Å²) in [6, 6.07) is 1.79. The van der Waals surface area contributed by atoms with E-state index in [4.69, 9.17) is 0 Å². The number of amides is 2. The Kier molecular flexibility index (Phi) is 3.41. The van der Waals surface area contributed by atoms with Crippen LogP contribution in [0.3, 0.4) is 0 Å². The van der Waals surface area contributed by atoms with Crippen LogP contribution in [-0.2, 0) is 11.0 Å². The summed E-state index contributed by atoms with van der Waals surface area (Å²) in [5, 5.41) is 2.79. The van der Waals surface area contributed by atoms with Crippen LogP contribution in [0.2, 0.25) is 0 Å². The molecule has 2 fully saturated rings. The van der Waals surface area contributed by atoms with Crippen molar-refractivity contribution in [2.24, 2.45) is 5.41 Å². The lowest BCUT2D eigenvalue weighted by atomic mass is 9.77. The Labute approximate surface area is 124 Å². The molecule has 0 atom stereocenters. The third kappa shape index (κ3) is 2.46. The van der Waals surface area contributed by atoms with Gasteiger partial charge >= 0.3 is 6.18 Å². The van der Waals surface area contributed by atoms with Gasteiger partial charge in [-0.05, 0) is 31.4 Å². The largest absolute Gasteiger partial charge is 0.449 e. The maximum Gasteiger partial charge on any atom is 0.449 e. The second-order valence-corrected chi connectivity index (χ2v) is 5.74. The van der Waals surface area contributed by atoms with Crippen LogP contribution < -0.4 is 5.32 Å². The van der Waals surface area contributed by atoms with Crippen molar-refractivity contribution < 1.29 is 27.2 Å². The second-order valence-electron chi connectivity index (χ2n) is 5.74. The number of carbonyl (C=O) groups is 2. The number of nitrogens with zero attached hydrogens (tertiary/aromatic N) is 1. The SMILES string of the molecule is O=C(c1ccc(C(F)(F)F)o1)N1CCC2(CCNC2=O)CC1. The van der Waals surface area contributed by atoms with E-state index in [1.54, 1.807) is 0 Å². The van der Waals surface area contributed by atoms with Gasteiger partial charge in [0, 0.05) is 19.6 Å². The Hall–Kier alpha value is -1.99. The molecule has 8 heteroatoms. The monoisotopic (exact) mass is 316 g/mol. The lowest BCUT2D eigenvalue weighted by Gasteiger charge is -2.36. The van der Waals surface area contributed by atoms with Gasteiger partial charge in [0.2, 0.25) is 11.7 Å². The smallest absolute Gasteiger partial charge is 0.446 e. The van der Waals surface area contributed by atoms with Crippen molar-refractivity contribution in [2.75, 3.05) is 19.6 Å². The summed E-state index contributed by atoms with van der Waals surface area (Å²) < 4.78 is 42.1. The van der Waals surface area contributed by atoms with Crippen LogP contribution in [0.1, 0.15) is 35.6 Å². The van der Waals surface area contributed by atoms with E-state index in [1.165, 1.54) is 4.90 Å². The van der Waals surface area contributed by atoms with Crippen molar-refractivity contribution in [1.29, 1.82) is 0 Å². The molecule has 3 heterocycles. The molecule has 0 bridgehead atoms. The minimum absolute atomic E-state index is 0.0111. The Balaban J connectivity index is 1.67. The average Bonchev–Trinajstić information content (AvgIpc) is 3.08. The highest BCUT2D eigenvalue weighted by Crippen LogP contribution is 2.38. The van der Waals surface area contributed by atoms with Gasteiger partial charge in [-0.25, -0.2) is 0 Å².